The third-order valence-electron chi connectivity index (χ3n) is 9.68. The topological polar surface area (TPSA) is 210 Å². The molecule has 0 aromatic rings. The monoisotopic (exact) mass is 837 g/mol. The molecule has 0 aliphatic rings. The number of hydrogen-bond donors (Lipinski definition) is 6. The van der Waals surface area contributed by atoms with E-state index in [0.717, 1.165) is 70.6 Å². The molecule has 57 heavy (non-hydrogen) atoms. The summed E-state index contributed by atoms with van der Waals surface area (Å²) in [5, 5.41) is 48.3. The van der Waals surface area contributed by atoms with Gasteiger partial charge in [0.15, 0.2) is 6.10 Å². The van der Waals surface area contributed by atoms with E-state index in [1.54, 1.807) is 0 Å². The van der Waals surface area contributed by atoms with Gasteiger partial charge in [0.05, 0.1) is 19.8 Å². The van der Waals surface area contributed by atoms with Gasteiger partial charge in [0.2, 0.25) is 0 Å². The summed E-state index contributed by atoms with van der Waals surface area (Å²) in [5.41, 5.74) is 0. The molecule has 0 aromatic carbocycles. The fraction of sp³-hybridized carbons (Fsp3) is 0.860. The highest BCUT2D eigenvalue weighted by Crippen LogP contribution is 2.45. The Bertz CT molecular complexity index is 1060. The number of carbonyl (C=O) groups is 2. The lowest BCUT2D eigenvalue weighted by Gasteiger charge is -2.28. The van der Waals surface area contributed by atoms with E-state index < -0.39 is 76.7 Å². The molecule has 0 aliphatic heterocycles. The Hall–Kier alpha value is -1.67. The quantitative estimate of drug-likeness (QED) is 0.0148. The van der Waals surface area contributed by atoms with Crippen LogP contribution in [-0.2, 0) is 32.7 Å². The van der Waals surface area contributed by atoms with Crippen molar-refractivity contribution in [2.24, 2.45) is 0 Å². The van der Waals surface area contributed by atoms with Gasteiger partial charge in [-0.25, -0.2) is 4.57 Å². The number of esters is 2. The van der Waals surface area contributed by atoms with E-state index in [9.17, 15) is 39.5 Å². The number of phosphoric acid groups is 1. The number of aliphatic hydroxyl groups is 5. The number of carbonyl (C=O) groups excluding carboxylic acids is 2. The molecule has 13 nitrogen and oxygen atoms in total. The predicted molar refractivity (Wildman–Crippen MR) is 223 cm³/mol. The first-order valence-corrected chi connectivity index (χ1v) is 23.6. The van der Waals surface area contributed by atoms with Gasteiger partial charge in [-0.2, -0.15) is 0 Å². The van der Waals surface area contributed by atoms with Crippen LogP contribution in [0.3, 0.4) is 0 Å². The molecule has 0 saturated heterocycles. The third-order valence-corrected chi connectivity index (χ3v) is 10.7. The van der Waals surface area contributed by atoms with Gasteiger partial charge in [-0.3, -0.25) is 18.6 Å². The minimum Gasteiger partial charge on any atom is -0.462 e. The standard InChI is InChI=1S/C43H81O13P/c1-3-5-7-9-11-13-15-17-18-20-21-23-25-27-29-31-40(47)53-35-37(36-54-57(51,52)56-39(34-45)43(50)42(49)38(46)33-44)55-41(48)32-30-28-26-24-22-19-16-14-12-10-8-6-4-2/h8,10,22,24,37-39,42-46,49-50H,3-7,9,11-21,23,25-36H2,1-2H3,(H,51,52)/b10-8-,24-22-/t37-,38-,39-,42-,43-/m1/s1. The molecule has 1 unspecified atom stereocenters. The minimum absolute atomic E-state index is 0.0681. The van der Waals surface area contributed by atoms with Gasteiger partial charge in [0, 0.05) is 12.8 Å². The summed E-state index contributed by atoms with van der Waals surface area (Å²) >= 11 is 0. The van der Waals surface area contributed by atoms with Gasteiger partial charge < -0.3 is 39.9 Å². The summed E-state index contributed by atoms with van der Waals surface area (Å²) in [5.74, 6) is -1.12. The Morgan fingerprint density at radius 1 is 0.561 bits per heavy atom. The molecule has 6 N–H and O–H groups in total. The van der Waals surface area contributed by atoms with Gasteiger partial charge in [-0.15, -0.1) is 0 Å². The Balaban J connectivity index is 4.76. The van der Waals surface area contributed by atoms with Crippen molar-refractivity contribution in [3.8, 4) is 0 Å². The summed E-state index contributed by atoms with van der Waals surface area (Å²) in [4.78, 5) is 35.5. The molecule has 14 heteroatoms. The van der Waals surface area contributed by atoms with Crippen molar-refractivity contribution in [2.75, 3.05) is 26.4 Å². The second-order valence-electron chi connectivity index (χ2n) is 15.1. The largest absolute Gasteiger partial charge is 0.472 e. The minimum atomic E-state index is -5.06. The number of ether oxygens (including phenoxy) is 2. The number of allylic oxidation sites excluding steroid dienone is 4. The van der Waals surface area contributed by atoms with Gasteiger partial charge >= 0.3 is 19.8 Å². The van der Waals surface area contributed by atoms with E-state index in [-0.39, 0.29) is 12.8 Å². The van der Waals surface area contributed by atoms with Crippen LogP contribution in [0.25, 0.3) is 0 Å². The van der Waals surface area contributed by atoms with E-state index >= 15 is 0 Å². The summed E-state index contributed by atoms with van der Waals surface area (Å²) in [6, 6.07) is 0. The number of unbranched alkanes of at least 4 members (excludes halogenated alkanes) is 20. The molecule has 0 fully saturated rings. The highest BCUT2D eigenvalue weighted by Gasteiger charge is 2.37. The first kappa shape index (κ1) is 55.3. The summed E-state index contributed by atoms with van der Waals surface area (Å²) in [6.45, 7) is 1.27. The SMILES string of the molecule is CCC/C=C\CCCC/C=C\CCCCC(=O)O[C@H](COC(=O)CCCCCCCCCCCCCCCCC)COP(=O)(O)O[C@H](CO)[C@@H](O)[C@H](O)[C@H](O)CO. The molecule has 0 spiro atoms. The van der Waals surface area contributed by atoms with Crippen LogP contribution in [0.15, 0.2) is 24.3 Å². The van der Waals surface area contributed by atoms with Gasteiger partial charge in [0.1, 0.15) is 31.0 Å². The normalized spacial score (nSPS) is 15.7. The Morgan fingerprint density at radius 3 is 1.51 bits per heavy atom. The zero-order chi connectivity index (χ0) is 42.4. The fourth-order valence-electron chi connectivity index (χ4n) is 6.09. The van der Waals surface area contributed by atoms with Crippen molar-refractivity contribution in [3.05, 3.63) is 24.3 Å². The summed E-state index contributed by atoms with van der Waals surface area (Å²) in [6.07, 6.45) is 26.7. The van der Waals surface area contributed by atoms with Crippen molar-refractivity contribution in [1.29, 1.82) is 0 Å². The average molecular weight is 837 g/mol. The Kier molecular flexibility index (Phi) is 37.4. The van der Waals surface area contributed by atoms with Crippen molar-refractivity contribution in [1.82, 2.24) is 0 Å². The van der Waals surface area contributed by atoms with Crippen molar-refractivity contribution >= 4 is 19.8 Å². The van der Waals surface area contributed by atoms with Crippen molar-refractivity contribution < 1.29 is 63.1 Å². The molecule has 0 rings (SSSR count). The van der Waals surface area contributed by atoms with Gasteiger partial charge in [-0.1, -0.05) is 134 Å². The zero-order valence-corrected chi connectivity index (χ0v) is 36.3. The van der Waals surface area contributed by atoms with Crippen LogP contribution in [0.5, 0.6) is 0 Å². The summed E-state index contributed by atoms with van der Waals surface area (Å²) < 4.78 is 33.3. The lowest BCUT2D eigenvalue weighted by molar-refractivity contribution is -0.161. The third kappa shape index (κ3) is 33.8. The molecule has 0 saturated carbocycles. The molecule has 0 radical (unpaired) electrons. The first-order valence-electron chi connectivity index (χ1n) is 22.1. The molecule has 0 aliphatic carbocycles. The molecule has 0 bridgehead atoms. The van der Waals surface area contributed by atoms with Crippen LogP contribution >= 0.6 is 7.82 Å². The number of aliphatic hydroxyl groups excluding tert-OH is 5. The van der Waals surface area contributed by atoms with Crippen LogP contribution in [0.2, 0.25) is 0 Å². The second kappa shape index (κ2) is 38.5. The second-order valence-corrected chi connectivity index (χ2v) is 16.5. The molecular weight excluding hydrogens is 755 g/mol. The van der Waals surface area contributed by atoms with E-state index in [4.69, 9.17) is 23.6 Å². The van der Waals surface area contributed by atoms with Crippen molar-refractivity contribution in [3.63, 3.8) is 0 Å². The molecule has 0 aromatic heterocycles. The van der Waals surface area contributed by atoms with Crippen LogP contribution in [-0.4, -0.2) is 99.3 Å². The van der Waals surface area contributed by atoms with E-state index in [2.05, 4.69) is 38.2 Å². The van der Waals surface area contributed by atoms with Crippen molar-refractivity contribution in [2.45, 2.75) is 211 Å². The molecule has 336 valence electrons. The predicted octanol–water partition coefficient (Wildman–Crippen LogP) is 8.31. The smallest absolute Gasteiger partial charge is 0.462 e. The molecule has 6 atom stereocenters. The maximum Gasteiger partial charge on any atom is 0.472 e. The lowest BCUT2D eigenvalue weighted by Crippen LogP contribution is -2.47. The molecule has 0 heterocycles. The van der Waals surface area contributed by atoms with E-state index in [0.29, 0.717) is 12.8 Å². The average Bonchev–Trinajstić information content (AvgIpc) is 3.20. The van der Waals surface area contributed by atoms with Gasteiger partial charge in [0.25, 0.3) is 0 Å². The van der Waals surface area contributed by atoms with Crippen LogP contribution in [0.1, 0.15) is 181 Å². The fourth-order valence-corrected chi connectivity index (χ4v) is 7.04. The van der Waals surface area contributed by atoms with Crippen LogP contribution in [0.4, 0.5) is 0 Å². The molecule has 0 amide bonds. The summed E-state index contributed by atoms with van der Waals surface area (Å²) in [7, 11) is -5.06. The van der Waals surface area contributed by atoms with Crippen LogP contribution in [0, 0.1) is 0 Å². The maximum absolute atomic E-state index is 12.7. The van der Waals surface area contributed by atoms with Gasteiger partial charge in [-0.05, 0) is 57.8 Å². The number of phosphoric ester groups is 1. The lowest BCUT2D eigenvalue weighted by atomic mass is 10.0. The Labute approximate surface area is 344 Å². The molecular formula is C43H81O13P. The number of rotatable bonds is 41. The highest BCUT2D eigenvalue weighted by molar-refractivity contribution is 7.47. The first-order chi connectivity index (χ1) is 27.5. The zero-order valence-electron chi connectivity index (χ0n) is 35.4. The van der Waals surface area contributed by atoms with E-state index in [1.165, 1.54) is 70.6 Å². The highest BCUT2D eigenvalue weighted by atomic mass is 31.2. The maximum atomic E-state index is 12.7. The number of hydrogen-bond acceptors (Lipinski definition) is 12. The van der Waals surface area contributed by atoms with Crippen LogP contribution < -0.4 is 0 Å². The van der Waals surface area contributed by atoms with E-state index in [1.807, 2.05) is 0 Å². The Morgan fingerprint density at radius 2 is 1.02 bits per heavy atom.